The van der Waals surface area contributed by atoms with Gasteiger partial charge in [0.15, 0.2) is 0 Å². The van der Waals surface area contributed by atoms with Crippen LogP contribution in [0.2, 0.25) is 5.02 Å². The molecule has 0 aliphatic carbocycles. The van der Waals surface area contributed by atoms with E-state index in [2.05, 4.69) is 29.2 Å². The second-order valence-corrected chi connectivity index (χ2v) is 11.5. The monoisotopic (exact) mass is 531 g/mol. The second kappa shape index (κ2) is 12.2. The van der Waals surface area contributed by atoms with Gasteiger partial charge in [0.25, 0.3) is 0 Å². The molecule has 0 bridgehead atoms. The summed E-state index contributed by atoms with van der Waals surface area (Å²) < 4.78 is 33.6. The smallest absolute Gasteiger partial charge is 0.246 e. The van der Waals surface area contributed by atoms with Crippen molar-refractivity contribution in [1.82, 2.24) is 14.1 Å². The van der Waals surface area contributed by atoms with E-state index in [0.29, 0.717) is 56.4 Å². The number of carbonyl (C=O) groups excluding carboxylic acids is 1. The summed E-state index contributed by atoms with van der Waals surface area (Å²) in [5, 5.41) is 0.344. The summed E-state index contributed by atoms with van der Waals surface area (Å²) in [7, 11) is -3.76. The van der Waals surface area contributed by atoms with Crippen LogP contribution in [0.1, 0.15) is 25.3 Å². The Kier molecular flexibility index (Phi) is 9.06. The van der Waals surface area contributed by atoms with Gasteiger partial charge in [0.2, 0.25) is 15.9 Å². The third kappa shape index (κ3) is 6.48. The van der Waals surface area contributed by atoms with Crippen LogP contribution in [0, 0.1) is 5.92 Å². The van der Waals surface area contributed by atoms with E-state index in [0.717, 1.165) is 19.6 Å². The largest absolute Gasteiger partial charge is 0.492 e. The number of piperidine rings is 1. The molecule has 0 unspecified atom stereocenters. The Hall–Kier alpha value is -2.39. The van der Waals surface area contributed by atoms with Gasteiger partial charge >= 0.3 is 0 Å². The van der Waals surface area contributed by atoms with Crippen molar-refractivity contribution in [3.8, 4) is 5.75 Å². The van der Waals surface area contributed by atoms with Crippen molar-refractivity contribution in [2.75, 3.05) is 52.4 Å². The van der Waals surface area contributed by atoms with Crippen molar-refractivity contribution in [1.29, 1.82) is 0 Å². The van der Waals surface area contributed by atoms with Crippen molar-refractivity contribution in [3.05, 3.63) is 65.2 Å². The first-order chi connectivity index (χ1) is 17.4. The fourth-order valence-corrected chi connectivity index (χ4v) is 6.62. The molecule has 1 amide bonds. The van der Waals surface area contributed by atoms with Crippen molar-refractivity contribution in [2.45, 2.75) is 24.7 Å². The Labute approximate surface area is 219 Å². The summed E-state index contributed by atoms with van der Waals surface area (Å²) in [6.07, 6.45) is 5.32. The number of piperazine rings is 1. The number of amides is 1. The first-order valence-corrected chi connectivity index (χ1v) is 14.4. The first-order valence-electron chi connectivity index (χ1n) is 12.5. The van der Waals surface area contributed by atoms with Gasteiger partial charge in [-0.2, -0.15) is 4.31 Å². The minimum Gasteiger partial charge on any atom is -0.492 e. The Morgan fingerprint density at radius 1 is 1.03 bits per heavy atom. The number of nitrogens with zero attached hydrogens (tertiary/aromatic N) is 3. The fourth-order valence-electron chi connectivity index (χ4n) is 4.75. The number of hydrogen-bond donors (Lipinski definition) is 0. The van der Waals surface area contributed by atoms with Crippen LogP contribution in [-0.2, 0) is 14.8 Å². The molecule has 194 valence electrons. The Bertz CT molecular complexity index is 1160. The second-order valence-electron chi connectivity index (χ2n) is 9.14. The molecule has 2 aromatic rings. The number of hydrogen-bond acceptors (Lipinski definition) is 5. The van der Waals surface area contributed by atoms with E-state index in [1.54, 1.807) is 12.1 Å². The minimum atomic E-state index is -3.76. The number of rotatable bonds is 8. The van der Waals surface area contributed by atoms with Crippen LogP contribution < -0.4 is 4.74 Å². The lowest BCUT2D eigenvalue weighted by Crippen LogP contribution is -2.51. The molecule has 0 radical (unpaired) electrons. The molecule has 0 aromatic heterocycles. The molecule has 2 aliphatic heterocycles. The first kappa shape index (κ1) is 26.7. The maximum atomic E-state index is 13.3. The van der Waals surface area contributed by atoms with E-state index in [4.69, 9.17) is 16.3 Å². The zero-order valence-electron chi connectivity index (χ0n) is 20.7. The molecule has 0 atom stereocenters. The Morgan fingerprint density at radius 2 is 1.72 bits per heavy atom. The van der Waals surface area contributed by atoms with Gasteiger partial charge in [0, 0.05) is 56.8 Å². The van der Waals surface area contributed by atoms with E-state index in [1.165, 1.54) is 15.9 Å². The van der Waals surface area contributed by atoms with Gasteiger partial charge in [-0.3, -0.25) is 9.69 Å². The third-order valence-corrected chi connectivity index (χ3v) is 8.94. The van der Waals surface area contributed by atoms with E-state index < -0.39 is 10.0 Å². The fraction of sp³-hybridized carbons (Fsp3) is 0.444. The van der Waals surface area contributed by atoms with Crippen LogP contribution in [0.5, 0.6) is 5.75 Å². The van der Waals surface area contributed by atoms with Gasteiger partial charge in [0.05, 0.1) is 6.61 Å². The molecule has 0 N–H and O–H groups in total. The van der Waals surface area contributed by atoms with Gasteiger partial charge in [-0.25, -0.2) is 8.42 Å². The predicted octanol–water partition coefficient (Wildman–Crippen LogP) is 4.00. The zero-order chi connectivity index (χ0) is 25.5. The van der Waals surface area contributed by atoms with Crippen LogP contribution in [0.4, 0.5) is 0 Å². The van der Waals surface area contributed by atoms with Gasteiger partial charge in [-0.1, -0.05) is 54.1 Å². The van der Waals surface area contributed by atoms with Crippen LogP contribution in [0.15, 0.2) is 59.5 Å². The summed E-state index contributed by atoms with van der Waals surface area (Å²) in [6.45, 7) is 6.73. The molecule has 4 rings (SSSR count). The molecule has 2 saturated heterocycles. The average molecular weight is 532 g/mol. The van der Waals surface area contributed by atoms with Gasteiger partial charge in [-0.15, -0.1) is 0 Å². The quantitative estimate of drug-likeness (QED) is 0.515. The van der Waals surface area contributed by atoms with Crippen molar-refractivity contribution < 1.29 is 17.9 Å². The van der Waals surface area contributed by atoms with E-state index in [1.807, 2.05) is 30.0 Å². The number of sulfonamides is 1. The molecule has 36 heavy (non-hydrogen) atoms. The van der Waals surface area contributed by atoms with Crippen molar-refractivity contribution >= 4 is 33.6 Å². The molecule has 7 nitrogen and oxygen atoms in total. The number of halogens is 1. The summed E-state index contributed by atoms with van der Waals surface area (Å²) in [5.41, 5.74) is 1.18. The topological polar surface area (TPSA) is 70.2 Å². The van der Waals surface area contributed by atoms with E-state index >= 15 is 0 Å². The Morgan fingerprint density at radius 3 is 2.39 bits per heavy atom. The lowest BCUT2D eigenvalue weighted by molar-refractivity contribution is -0.138. The third-order valence-electron chi connectivity index (χ3n) is 6.78. The molecule has 2 aliphatic rings. The van der Waals surface area contributed by atoms with E-state index in [-0.39, 0.29) is 16.7 Å². The molecule has 2 fully saturated rings. The van der Waals surface area contributed by atoms with Gasteiger partial charge in [-0.05, 0) is 43.5 Å². The normalized spacial score (nSPS) is 18.6. The zero-order valence-corrected chi connectivity index (χ0v) is 22.3. The highest BCUT2D eigenvalue weighted by molar-refractivity contribution is 7.89. The summed E-state index contributed by atoms with van der Waals surface area (Å²) in [5.74, 6) is 0.299. The van der Waals surface area contributed by atoms with Gasteiger partial charge < -0.3 is 9.64 Å². The lowest BCUT2D eigenvalue weighted by Gasteiger charge is -2.38. The predicted molar refractivity (Wildman–Crippen MR) is 143 cm³/mol. The van der Waals surface area contributed by atoms with Gasteiger partial charge in [0.1, 0.15) is 10.6 Å². The number of ether oxygens (including phenoxy) is 1. The standard InChI is InChI=1S/C27H34ClN3O4S/c1-2-35-25-11-10-24(28)21-26(25)36(33,34)31-15-12-23(13-16-31)27(32)30-19-17-29(18-20-30)14-6-9-22-7-4-3-5-8-22/h3-11,21,23H,2,12-20H2,1H3/b9-6+. The molecule has 9 heteroatoms. The van der Waals surface area contributed by atoms with Crippen molar-refractivity contribution in [3.63, 3.8) is 0 Å². The molecular formula is C27H34ClN3O4S. The summed E-state index contributed by atoms with van der Waals surface area (Å²) >= 11 is 6.08. The summed E-state index contributed by atoms with van der Waals surface area (Å²) in [6, 6.07) is 14.9. The molecule has 2 heterocycles. The molecule has 0 saturated carbocycles. The summed E-state index contributed by atoms with van der Waals surface area (Å²) in [4.78, 5) is 17.5. The minimum absolute atomic E-state index is 0.0825. The highest BCUT2D eigenvalue weighted by Gasteiger charge is 2.35. The maximum absolute atomic E-state index is 13.3. The molecule has 2 aromatic carbocycles. The number of carbonyl (C=O) groups is 1. The highest BCUT2D eigenvalue weighted by Crippen LogP contribution is 2.32. The van der Waals surface area contributed by atoms with Crippen molar-refractivity contribution in [2.24, 2.45) is 5.92 Å². The lowest BCUT2D eigenvalue weighted by atomic mass is 9.96. The highest BCUT2D eigenvalue weighted by atomic mass is 35.5. The van der Waals surface area contributed by atoms with Crippen LogP contribution in [-0.4, -0.2) is 80.9 Å². The SMILES string of the molecule is CCOc1ccc(Cl)cc1S(=O)(=O)N1CCC(C(=O)N2CCN(C/C=C/c3ccccc3)CC2)CC1. The molecular weight excluding hydrogens is 498 g/mol. The van der Waals surface area contributed by atoms with Crippen LogP contribution in [0.25, 0.3) is 6.08 Å². The molecule has 0 spiro atoms. The van der Waals surface area contributed by atoms with E-state index in [9.17, 15) is 13.2 Å². The maximum Gasteiger partial charge on any atom is 0.246 e. The van der Waals surface area contributed by atoms with Crippen LogP contribution >= 0.6 is 11.6 Å². The average Bonchev–Trinajstić information content (AvgIpc) is 2.90. The number of benzene rings is 2. The Balaban J connectivity index is 1.27. The van der Waals surface area contributed by atoms with Crippen LogP contribution in [0.3, 0.4) is 0 Å².